The minimum Gasteiger partial charge on any atom is -0.387 e. The third-order valence-electron chi connectivity index (χ3n) is 12.2. The normalized spacial score (nSPS) is 14.5. The van der Waals surface area contributed by atoms with Gasteiger partial charge >= 0.3 is 7.82 Å². The molecule has 0 bridgehead atoms. The van der Waals surface area contributed by atoms with Crippen LogP contribution in [0.5, 0.6) is 0 Å². The van der Waals surface area contributed by atoms with Gasteiger partial charge < -0.3 is 19.8 Å². The molecule has 3 atom stereocenters. The average molecular weight is 948 g/mol. The van der Waals surface area contributed by atoms with Crippen LogP contribution in [-0.4, -0.2) is 73.4 Å². The van der Waals surface area contributed by atoms with Gasteiger partial charge in [-0.25, -0.2) is 4.57 Å². The molecule has 66 heavy (non-hydrogen) atoms. The van der Waals surface area contributed by atoms with Gasteiger partial charge in [-0.3, -0.25) is 13.8 Å². The van der Waals surface area contributed by atoms with Crippen LogP contribution in [0.1, 0.15) is 245 Å². The Morgan fingerprint density at radius 2 is 0.909 bits per heavy atom. The molecule has 0 saturated carbocycles. The number of phosphoric ester groups is 1. The molecule has 0 aliphatic rings. The SMILES string of the molecule is CC/C=C\C/C=C\C/C=C\C/C=C\CCCCCCCCCCC(=O)NC(COP(=O)(O)OCC[N+](C)(C)C)C(O)/C=C/CCCCCCCCCCCCCCCCCCCCCCC. The first kappa shape index (κ1) is 64.2. The van der Waals surface area contributed by atoms with Gasteiger partial charge in [-0.2, -0.15) is 0 Å². The predicted molar refractivity (Wildman–Crippen MR) is 286 cm³/mol. The van der Waals surface area contributed by atoms with Crippen LogP contribution in [0.4, 0.5) is 0 Å². The molecular formula is C57H108N2O6P+. The number of quaternary nitrogens is 1. The average Bonchev–Trinajstić information content (AvgIpc) is 3.28. The first-order chi connectivity index (χ1) is 32.0. The molecule has 8 nitrogen and oxygen atoms in total. The molecule has 0 aromatic heterocycles. The van der Waals surface area contributed by atoms with E-state index in [1.807, 2.05) is 27.2 Å². The van der Waals surface area contributed by atoms with Gasteiger partial charge in [-0.05, 0) is 57.8 Å². The number of aliphatic hydroxyl groups is 1. The van der Waals surface area contributed by atoms with Crippen molar-refractivity contribution in [2.24, 2.45) is 0 Å². The fourth-order valence-corrected chi connectivity index (χ4v) is 8.65. The van der Waals surface area contributed by atoms with Crippen molar-refractivity contribution in [1.82, 2.24) is 5.32 Å². The number of hydrogen-bond donors (Lipinski definition) is 3. The van der Waals surface area contributed by atoms with Crippen LogP contribution in [0, 0.1) is 0 Å². The summed E-state index contributed by atoms with van der Waals surface area (Å²) in [7, 11) is 1.56. The molecule has 3 N–H and O–H groups in total. The number of carbonyl (C=O) groups excluding carboxylic acids is 1. The molecule has 0 radical (unpaired) electrons. The van der Waals surface area contributed by atoms with Gasteiger partial charge in [-0.15, -0.1) is 0 Å². The number of aliphatic hydroxyl groups excluding tert-OH is 1. The molecule has 0 fully saturated rings. The van der Waals surface area contributed by atoms with E-state index in [1.54, 1.807) is 6.08 Å². The molecule has 9 heteroatoms. The lowest BCUT2D eigenvalue weighted by atomic mass is 10.0. The van der Waals surface area contributed by atoms with E-state index in [4.69, 9.17) is 9.05 Å². The molecule has 0 aliphatic heterocycles. The minimum absolute atomic E-state index is 0.0578. The number of carbonyl (C=O) groups is 1. The van der Waals surface area contributed by atoms with Gasteiger partial charge in [0.1, 0.15) is 13.2 Å². The van der Waals surface area contributed by atoms with Crippen LogP contribution < -0.4 is 5.32 Å². The van der Waals surface area contributed by atoms with Gasteiger partial charge in [-0.1, -0.05) is 242 Å². The van der Waals surface area contributed by atoms with Crippen molar-refractivity contribution in [2.45, 2.75) is 257 Å². The van der Waals surface area contributed by atoms with Crippen LogP contribution in [0.15, 0.2) is 60.8 Å². The highest BCUT2D eigenvalue weighted by Gasteiger charge is 2.27. The Bertz CT molecular complexity index is 1260. The second-order valence-electron chi connectivity index (χ2n) is 19.9. The fourth-order valence-electron chi connectivity index (χ4n) is 7.92. The smallest absolute Gasteiger partial charge is 0.387 e. The van der Waals surface area contributed by atoms with Crippen molar-refractivity contribution in [3.63, 3.8) is 0 Å². The van der Waals surface area contributed by atoms with Crippen molar-refractivity contribution in [2.75, 3.05) is 40.9 Å². The van der Waals surface area contributed by atoms with Gasteiger partial charge in [0.25, 0.3) is 0 Å². The minimum atomic E-state index is -4.35. The first-order valence-electron chi connectivity index (χ1n) is 27.7. The number of nitrogens with zero attached hydrogens (tertiary/aromatic N) is 1. The maximum atomic E-state index is 13.0. The predicted octanol–water partition coefficient (Wildman–Crippen LogP) is 16.5. The summed E-state index contributed by atoms with van der Waals surface area (Å²) < 4.78 is 23.7. The van der Waals surface area contributed by atoms with Gasteiger partial charge in [0.05, 0.1) is 39.9 Å². The number of likely N-dealkylation sites (N-methyl/N-ethyl adjacent to an activating group) is 1. The Morgan fingerprint density at radius 3 is 1.33 bits per heavy atom. The van der Waals surface area contributed by atoms with Gasteiger partial charge in [0.15, 0.2) is 0 Å². The first-order valence-corrected chi connectivity index (χ1v) is 29.2. The fraction of sp³-hybridized carbons (Fsp3) is 0.807. The lowest BCUT2D eigenvalue weighted by Gasteiger charge is -2.25. The highest BCUT2D eigenvalue weighted by molar-refractivity contribution is 7.47. The number of allylic oxidation sites excluding steroid dienone is 9. The van der Waals surface area contributed by atoms with E-state index in [0.29, 0.717) is 17.4 Å². The molecule has 0 saturated heterocycles. The zero-order chi connectivity index (χ0) is 48.5. The quantitative estimate of drug-likeness (QED) is 0.0243. The van der Waals surface area contributed by atoms with Crippen LogP contribution >= 0.6 is 7.82 Å². The van der Waals surface area contributed by atoms with Crippen molar-refractivity contribution >= 4 is 13.7 Å². The largest absolute Gasteiger partial charge is 0.472 e. The second kappa shape index (κ2) is 48.2. The summed E-state index contributed by atoms with van der Waals surface area (Å²) in [6.45, 7) is 4.72. The van der Waals surface area contributed by atoms with Gasteiger partial charge in [0, 0.05) is 6.42 Å². The Morgan fingerprint density at radius 1 is 0.530 bits per heavy atom. The van der Waals surface area contributed by atoms with Crippen LogP contribution in [-0.2, 0) is 18.4 Å². The molecular weight excluding hydrogens is 840 g/mol. The Balaban J connectivity index is 4.27. The number of nitrogens with one attached hydrogen (secondary N) is 1. The van der Waals surface area contributed by atoms with E-state index >= 15 is 0 Å². The number of rotatable bonds is 50. The maximum Gasteiger partial charge on any atom is 0.472 e. The van der Waals surface area contributed by atoms with Crippen molar-refractivity contribution < 1.29 is 32.9 Å². The van der Waals surface area contributed by atoms with E-state index in [0.717, 1.165) is 70.6 Å². The summed E-state index contributed by atoms with van der Waals surface area (Å²) in [5.74, 6) is -0.185. The summed E-state index contributed by atoms with van der Waals surface area (Å²) in [5.41, 5.74) is 0. The van der Waals surface area contributed by atoms with Gasteiger partial charge in [0.2, 0.25) is 5.91 Å². The number of unbranched alkanes of at least 4 members (excludes halogenated alkanes) is 29. The van der Waals surface area contributed by atoms with Crippen molar-refractivity contribution in [1.29, 1.82) is 0 Å². The molecule has 0 aliphatic carbocycles. The third kappa shape index (κ3) is 50.1. The molecule has 3 unspecified atom stereocenters. The highest BCUT2D eigenvalue weighted by Crippen LogP contribution is 2.43. The summed E-state index contributed by atoms with van der Waals surface area (Å²) in [4.78, 5) is 23.3. The maximum absolute atomic E-state index is 13.0. The molecule has 0 spiro atoms. The molecule has 386 valence electrons. The second-order valence-corrected chi connectivity index (χ2v) is 21.4. The molecule has 0 heterocycles. The summed E-state index contributed by atoms with van der Waals surface area (Å²) in [6, 6.07) is -0.854. The van der Waals surface area contributed by atoms with Crippen LogP contribution in [0.2, 0.25) is 0 Å². The zero-order valence-corrected chi connectivity index (χ0v) is 44.8. The van der Waals surface area contributed by atoms with E-state index < -0.39 is 20.0 Å². The zero-order valence-electron chi connectivity index (χ0n) is 43.9. The molecule has 0 rings (SSSR count). The Hall–Kier alpha value is -1.80. The van der Waals surface area contributed by atoms with Crippen LogP contribution in [0.3, 0.4) is 0 Å². The topological polar surface area (TPSA) is 105 Å². The standard InChI is InChI=1S/C57H107N2O6P/c1-6-8-10-12-14-16-18-20-22-24-26-28-29-31-32-34-36-38-40-42-44-46-48-50-56(60)55(54-65-66(62,63)64-53-52-59(3,4)5)58-57(61)51-49-47-45-43-41-39-37-35-33-30-27-25-23-21-19-17-15-13-11-9-7-2/h9,11,15,17,21,23,27,30,48,50,55-56,60H,6-8,10,12-14,16,18-20,22,24-26,28-29,31-47,49,51-54H2,1-5H3,(H-,58,61,62,63)/p+1/b11-9-,17-15-,23-21-,30-27-,50-48+. The number of phosphoric acid groups is 1. The number of amides is 1. The Kier molecular flexibility index (Phi) is 46.9. The lowest BCUT2D eigenvalue weighted by Crippen LogP contribution is -2.45. The molecule has 1 amide bonds. The third-order valence-corrected chi connectivity index (χ3v) is 13.2. The summed E-state index contributed by atoms with van der Waals surface area (Å²) in [5, 5.41) is 13.9. The monoisotopic (exact) mass is 948 g/mol. The lowest BCUT2D eigenvalue weighted by molar-refractivity contribution is -0.870. The van der Waals surface area contributed by atoms with E-state index in [2.05, 4.69) is 67.8 Å². The molecule has 0 aromatic rings. The van der Waals surface area contributed by atoms with E-state index in [1.165, 1.54) is 154 Å². The summed E-state index contributed by atoms with van der Waals surface area (Å²) >= 11 is 0. The van der Waals surface area contributed by atoms with E-state index in [-0.39, 0.29) is 19.1 Å². The Labute approximate surface area is 409 Å². The highest BCUT2D eigenvalue weighted by atomic mass is 31.2. The number of hydrogen-bond acceptors (Lipinski definition) is 5. The van der Waals surface area contributed by atoms with Crippen molar-refractivity contribution in [3.8, 4) is 0 Å². The summed E-state index contributed by atoms with van der Waals surface area (Å²) in [6.07, 6.45) is 64.5. The van der Waals surface area contributed by atoms with Crippen LogP contribution in [0.25, 0.3) is 0 Å². The van der Waals surface area contributed by atoms with Crippen molar-refractivity contribution in [3.05, 3.63) is 60.8 Å². The van der Waals surface area contributed by atoms with E-state index in [9.17, 15) is 19.4 Å². The molecule has 0 aromatic carbocycles.